The van der Waals surface area contributed by atoms with E-state index < -0.39 is 16.1 Å². The smallest absolute Gasteiger partial charge is 0.244 e. The SMILES string of the molecule is CSc1ccc(C2c3[nH]c4ccccc4c3CCN2S(=O)(=O)c2cccc(Cl)c2)cc1. The summed E-state index contributed by atoms with van der Waals surface area (Å²) in [7, 11) is -3.75. The van der Waals surface area contributed by atoms with Crippen LogP contribution in [0.2, 0.25) is 5.02 Å². The number of aromatic nitrogens is 1. The summed E-state index contributed by atoms with van der Waals surface area (Å²) in [5.74, 6) is 0. The van der Waals surface area contributed by atoms with Crippen molar-refractivity contribution in [2.24, 2.45) is 0 Å². The van der Waals surface area contributed by atoms with E-state index in [2.05, 4.69) is 11.1 Å². The molecule has 1 unspecified atom stereocenters. The van der Waals surface area contributed by atoms with E-state index in [-0.39, 0.29) is 4.90 Å². The van der Waals surface area contributed by atoms with Gasteiger partial charge in [0, 0.05) is 33.1 Å². The zero-order valence-electron chi connectivity index (χ0n) is 16.9. The second-order valence-corrected chi connectivity index (χ2v) is 10.8. The fourth-order valence-corrected chi connectivity index (χ4v) is 6.66. The van der Waals surface area contributed by atoms with E-state index in [9.17, 15) is 8.42 Å². The lowest BCUT2D eigenvalue weighted by atomic mass is 9.94. The highest BCUT2D eigenvalue weighted by Gasteiger charge is 2.39. The minimum Gasteiger partial charge on any atom is -0.357 e. The Morgan fingerprint density at radius 1 is 1.03 bits per heavy atom. The fraction of sp³-hybridized carbons (Fsp3) is 0.167. The maximum Gasteiger partial charge on any atom is 0.244 e. The molecule has 1 N–H and O–H groups in total. The topological polar surface area (TPSA) is 53.2 Å². The molecule has 1 aliphatic heterocycles. The molecule has 2 heterocycles. The summed E-state index contributed by atoms with van der Waals surface area (Å²) in [6, 6.07) is 22.3. The summed E-state index contributed by atoms with van der Waals surface area (Å²) < 4.78 is 29.0. The zero-order chi connectivity index (χ0) is 21.6. The van der Waals surface area contributed by atoms with Crippen molar-refractivity contribution in [3.8, 4) is 0 Å². The molecule has 1 aromatic heterocycles. The first-order chi connectivity index (χ1) is 15.0. The van der Waals surface area contributed by atoms with Crippen LogP contribution >= 0.6 is 23.4 Å². The molecular weight excluding hydrogens is 448 g/mol. The number of nitrogens with zero attached hydrogens (tertiary/aromatic N) is 1. The lowest BCUT2D eigenvalue weighted by Crippen LogP contribution is -2.40. The van der Waals surface area contributed by atoms with Crippen LogP contribution in [0.1, 0.15) is 22.9 Å². The number of aromatic amines is 1. The Morgan fingerprint density at radius 2 is 1.81 bits per heavy atom. The van der Waals surface area contributed by atoms with Crippen LogP contribution in [0.4, 0.5) is 0 Å². The van der Waals surface area contributed by atoms with Gasteiger partial charge in [-0.2, -0.15) is 4.31 Å². The Morgan fingerprint density at radius 3 is 2.55 bits per heavy atom. The number of hydrogen-bond acceptors (Lipinski definition) is 3. The Bertz CT molecular complexity index is 1360. The predicted molar refractivity (Wildman–Crippen MR) is 127 cm³/mol. The lowest BCUT2D eigenvalue weighted by Gasteiger charge is -2.35. The van der Waals surface area contributed by atoms with Crippen LogP contribution in [0.5, 0.6) is 0 Å². The zero-order valence-corrected chi connectivity index (χ0v) is 19.3. The molecule has 7 heteroatoms. The van der Waals surface area contributed by atoms with Crippen molar-refractivity contribution >= 4 is 44.3 Å². The summed E-state index contributed by atoms with van der Waals surface area (Å²) in [6.07, 6.45) is 2.68. The molecule has 1 atom stereocenters. The van der Waals surface area contributed by atoms with Crippen molar-refractivity contribution < 1.29 is 8.42 Å². The van der Waals surface area contributed by atoms with Crippen molar-refractivity contribution in [2.75, 3.05) is 12.8 Å². The largest absolute Gasteiger partial charge is 0.357 e. The third-order valence-corrected chi connectivity index (χ3v) is 8.66. The number of sulfonamides is 1. The minimum atomic E-state index is -3.75. The number of benzene rings is 3. The van der Waals surface area contributed by atoms with Gasteiger partial charge in [0.25, 0.3) is 0 Å². The molecule has 0 saturated carbocycles. The van der Waals surface area contributed by atoms with Crippen LogP contribution in [0, 0.1) is 0 Å². The van der Waals surface area contributed by atoms with Crippen molar-refractivity contribution in [3.63, 3.8) is 0 Å². The van der Waals surface area contributed by atoms with Gasteiger partial charge in [0.15, 0.2) is 0 Å². The first-order valence-corrected chi connectivity index (χ1v) is 13.0. The van der Waals surface area contributed by atoms with Crippen molar-refractivity contribution in [1.82, 2.24) is 9.29 Å². The molecule has 158 valence electrons. The van der Waals surface area contributed by atoms with Gasteiger partial charge in [-0.1, -0.05) is 48.0 Å². The number of hydrogen-bond donors (Lipinski definition) is 1. The number of rotatable bonds is 4. The normalized spacial score (nSPS) is 17.0. The van der Waals surface area contributed by atoms with Gasteiger partial charge >= 0.3 is 0 Å². The van der Waals surface area contributed by atoms with Gasteiger partial charge in [-0.25, -0.2) is 8.42 Å². The molecule has 0 aliphatic carbocycles. The maximum atomic E-state index is 13.7. The van der Waals surface area contributed by atoms with Crippen molar-refractivity contribution in [1.29, 1.82) is 0 Å². The second kappa shape index (κ2) is 8.02. The number of fused-ring (bicyclic) bond motifs is 3. The van der Waals surface area contributed by atoms with Crippen molar-refractivity contribution in [3.05, 3.63) is 94.6 Å². The Kier molecular flexibility index (Phi) is 5.34. The van der Waals surface area contributed by atoms with Gasteiger partial charge in [0.05, 0.1) is 10.9 Å². The van der Waals surface area contributed by atoms with Gasteiger partial charge in [0.2, 0.25) is 10.0 Å². The highest BCUT2D eigenvalue weighted by atomic mass is 35.5. The summed E-state index contributed by atoms with van der Waals surface area (Å²) in [5.41, 5.74) is 4.10. The van der Waals surface area contributed by atoms with Gasteiger partial charge in [0.1, 0.15) is 0 Å². The van der Waals surface area contributed by atoms with Crippen LogP contribution in [-0.2, 0) is 16.4 Å². The highest BCUT2D eigenvalue weighted by molar-refractivity contribution is 7.98. The molecule has 0 radical (unpaired) electrons. The molecular formula is C24H21ClN2O2S2. The van der Waals surface area contributed by atoms with Gasteiger partial charge in [-0.05, 0) is 60.2 Å². The van der Waals surface area contributed by atoms with Gasteiger partial charge < -0.3 is 4.98 Å². The van der Waals surface area contributed by atoms with Crippen LogP contribution in [0.15, 0.2) is 82.6 Å². The summed E-state index contributed by atoms with van der Waals surface area (Å²) in [4.78, 5) is 4.87. The summed E-state index contributed by atoms with van der Waals surface area (Å²) in [5, 5.41) is 1.56. The molecule has 4 nitrogen and oxygen atoms in total. The summed E-state index contributed by atoms with van der Waals surface area (Å²) in [6.45, 7) is 0.401. The Balaban J connectivity index is 1.70. The quantitative estimate of drug-likeness (QED) is 0.380. The number of para-hydroxylation sites is 1. The standard InChI is InChI=1S/C24H21ClN2O2S2/c1-30-18-11-9-16(10-12-18)24-23-21(20-7-2-3-8-22(20)26-23)13-14-27(24)31(28,29)19-6-4-5-17(25)15-19/h2-12,15,24,26H,13-14H2,1H3. The van der Waals surface area contributed by atoms with E-state index in [1.54, 1.807) is 34.3 Å². The summed E-state index contributed by atoms with van der Waals surface area (Å²) >= 11 is 7.78. The minimum absolute atomic E-state index is 0.213. The number of H-pyrrole nitrogens is 1. The second-order valence-electron chi connectivity index (χ2n) is 7.56. The molecule has 0 spiro atoms. The maximum absolute atomic E-state index is 13.7. The Hall–Kier alpha value is -2.25. The van der Waals surface area contributed by atoms with E-state index in [1.807, 2.05) is 48.7 Å². The number of thioether (sulfide) groups is 1. The Labute approximate surface area is 191 Å². The van der Waals surface area contributed by atoms with Crippen LogP contribution in [0.3, 0.4) is 0 Å². The van der Waals surface area contributed by atoms with Gasteiger partial charge in [-0.15, -0.1) is 11.8 Å². The molecule has 0 amide bonds. The molecule has 1 aliphatic rings. The molecule has 0 fully saturated rings. The molecule has 3 aromatic carbocycles. The highest BCUT2D eigenvalue weighted by Crippen LogP contribution is 2.41. The van der Waals surface area contributed by atoms with E-state index in [1.165, 1.54) is 11.6 Å². The molecule has 31 heavy (non-hydrogen) atoms. The van der Waals surface area contributed by atoms with Crippen LogP contribution in [-0.4, -0.2) is 30.5 Å². The van der Waals surface area contributed by atoms with E-state index in [0.717, 1.165) is 27.1 Å². The predicted octanol–water partition coefficient (Wildman–Crippen LogP) is 5.88. The van der Waals surface area contributed by atoms with Gasteiger partial charge in [-0.3, -0.25) is 0 Å². The van der Waals surface area contributed by atoms with Crippen molar-refractivity contribution in [2.45, 2.75) is 22.3 Å². The number of nitrogens with one attached hydrogen (secondary N) is 1. The first-order valence-electron chi connectivity index (χ1n) is 10.00. The van der Waals surface area contributed by atoms with E-state index in [0.29, 0.717) is 18.0 Å². The third kappa shape index (κ3) is 3.57. The first kappa shape index (κ1) is 20.6. The van der Waals surface area contributed by atoms with E-state index >= 15 is 0 Å². The molecule has 0 saturated heterocycles. The average molecular weight is 469 g/mol. The monoisotopic (exact) mass is 468 g/mol. The lowest BCUT2D eigenvalue weighted by molar-refractivity contribution is 0.340. The average Bonchev–Trinajstić information content (AvgIpc) is 3.17. The van der Waals surface area contributed by atoms with E-state index in [4.69, 9.17) is 11.6 Å². The third-order valence-electron chi connectivity index (χ3n) is 5.82. The molecule has 5 rings (SSSR count). The van der Waals surface area contributed by atoms with Crippen LogP contribution < -0.4 is 0 Å². The number of halogens is 1. The van der Waals surface area contributed by atoms with Crippen LogP contribution in [0.25, 0.3) is 10.9 Å². The molecule has 4 aromatic rings. The fourth-order valence-electron chi connectivity index (χ4n) is 4.36. The molecule has 0 bridgehead atoms.